The van der Waals surface area contributed by atoms with Gasteiger partial charge in [0, 0.05) is 36.8 Å². The van der Waals surface area contributed by atoms with E-state index in [9.17, 15) is 14.9 Å². The van der Waals surface area contributed by atoms with Crippen molar-refractivity contribution in [1.82, 2.24) is 14.8 Å². The van der Waals surface area contributed by atoms with Crippen LogP contribution < -0.4 is 10.2 Å². The van der Waals surface area contributed by atoms with Gasteiger partial charge in [0.25, 0.3) is 0 Å². The largest absolute Gasteiger partial charge is 0.480 e. The summed E-state index contributed by atoms with van der Waals surface area (Å²) in [6.07, 6.45) is 5.58. The SMILES string of the molecule is Cl.N#C[C@@]1(C2CC2)CCN(c2ccnc(Nc3ccn(CC(=O)O)n3)c2)C1=O. The van der Waals surface area contributed by atoms with E-state index in [2.05, 4.69) is 21.5 Å². The maximum atomic E-state index is 12.9. The number of nitriles is 1. The molecule has 1 amide bonds. The topological polar surface area (TPSA) is 124 Å². The van der Waals surface area contributed by atoms with E-state index in [-0.39, 0.29) is 30.8 Å². The van der Waals surface area contributed by atoms with Gasteiger partial charge in [-0.25, -0.2) is 4.98 Å². The number of pyridine rings is 1. The predicted octanol–water partition coefficient (Wildman–Crippen LogP) is 2.18. The van der Waals surface area contributed by atoms with Crippen molar-refractivity contribution in [2.24, 2.45) is 11.3 Å². The Labute approximate surface area is 167 Å². The Hall–Kier alpha value is -3.12. The number of hydrogen-bond donors (Lipinski definition) is 2. The van der Waals surface area contributed by atoms with Crippen LogP contribution in [0.25, 0.3) is 0 Å². The number of hydrogen-bond acceptors (Lipinski definition) is 6. The third-order valence-electron chi connectivity index (χ3n) is 5.08. The van der Waals surface area contributed by atoms with Crippen LogP contribution in [0.2, 0.25) is 0 Å². The molecule has 1 saturated heterocycles. The summed E-state index contributed by atoms with van der Waals surface area (Å²) in [6, 6.07) is 7.40. The van der Waals surface area contributed by atoms with Gasteiger partial charge in [-0.15, -0.1) is 12.4 Å². The lowest BCUT2D eigenvalue weighted by Crippen LogP contribution is -2.35. The van der Waals surface area contributed by atoms with Crippen LogP contribution >= 0.6 is 12.4 Å². The molecule has 2 N–H and O–H groups in total. The van der Waals surface area contributed by atoms with Gasteiger partial charge in [0.05, 0.1) is 6.07 Å². The number of nitrogens with zero attached hydrogens (tertiary/aromatic N) is 5. The number of amides is 1. The standard InChI is InChI=1S/C18H18N6O3.ClH/c19-11-18(12-1-2-12)5-8-24(17(18)27)13-3-6-20-15(9-13)21-14-4-7-23(22-14)10-16(25)26;/h3-4,6-7,9,12H,1-2,5,8,10H2,(H,25,26)(H,20,21,22);1H/t18-;/m1./s1. The van der Waals surface area contributed by atoms with Gasteiger partial charge in [-0.1, -0.05) is 0 Å². The first-order chi connectivity index (χ1) is 13.0. The van der Waals surface area contributed by atoms with Crippen LogP contribution in [0.3, 0.4) is 0 Å². The van der Waals surface area contributed by atoms with E-state index < -0.39 is 11.4 Å². The molecule has 0 spiro atoms. The van der Waals surface area contributed by atoms with Crippen molar-refractivity contribution in [3.63, 3.8) is 0 Å². The first-order valence-corrected chi connectivity index (χ1v) is 8.73. The molecular weight excluding hydrogens is 384 g/mol. The van der Waals surface area contributed by atoms with Crippen LogP contribution in [0.15, 0.2) is 30.6 Å². The van der Waals surface area contributed by atoms with Crippen molar-refractivity contribution in [2.45, 2.75) is 25.8 Å². The molecule has 10 heteroatoms. The van der Waals surface area contributed by atoms with Gasteiger partial charge >= 0.3 is 5.97 Å². The third-order valence-corrected chi connectivity index (χ3v) is 5.08. The zero-order valence-corrected chi connectivity index (χ0v) is 15.7. The molecule has 28 heavy (non-hydrogen) atoms. The zero-order valence-electron chi connectivity index (χ0n) is 14.9. The monoisotopic (exact) mass is 402 g/mol. The summed E-state index contributed by atoms with van der Waals surface area (Å²) >= 11 is 0. The summed E-state index contributed by atoms with van der Waals surface area (Å²) in [4.78, 5) is 29.5. The van der Waals surface area contributed by atoms with Crippen LogP contribution in [0.5, 0.6) is 0 Å². The fraction of sp³-hybridized carbons (Fsp3) is 0.389. The van der Waals surface area contributed by atoms with Crippen LogP contribution in [-0.2, 0) is 16.1 Å². The summed E-state index contributed by atoms with van der Waals surface area (Å²) in [6.45, 7) is 0.286. The number of carbonyl (C=O) groups is 2. The normalized spacial score (nSPS) is 21.1. The molecule has 146 valence electrons. The Morgan fingerprint density at radius 2 is 2.18 bits per heavy atom. The van der Waals surface area contributed by atoms with Crippen molar-refractivity contribution in [3.8, 4) is 6.07 Å². The second-order valence-electron chi connectivity index (χ2n) is 6.88. The smallest absolute Gasteiger partial charge is 0.325 e. The molecule has 2 aromatic heterocycles. The molecule has 2 aliphatic rings. The average molecular weight is 403 g/mol. The Morgan fingerprint density at radius 1 is 1.39 bits per heavy atom. The highest BCUT2D eigenvalue weighted by Gasteiger charge is 2.56. The molecule has 0 radical (unpaired) electrons. The van der Waals surface area contributed by atoms with Crippen molar-refractivity contribution in [2.75, 3.05) is 16.8 Å². The third kappa shape index (κ3) is 3.51. The van der Waals surface area contributed by atoms with E-state index >= 15 is 0 Å². The maximum absolute atomic E-state index is 12.9. The highest BCUT2D eigenvalue weighted by molar-refractivity contribution is 6.02. The molecule has 2 fully saturated rings. The quantitative estimate of drug-likeness (QED) is 0.758. The van der Waals surface area contributed by atoms with Gasteiger partial charge in [0.1, 0.15) is 17.8 Å². The lowest BCUT2D eigenvalue weighted by atomic mass is 9.83. The molecule has 3 heterocycles. The van der Waals surface area contributed by atoms with E-state index in [0.29, 0.717) is 30.3 Å². The van der Waals surface area contributed by atoms with Crippen molar-refractivity contribution in [1.29, 1.82) is 5.26 Å². The van der Waals surface area contributed by atoms with E-state index in [1.807, 2.05) is 0 Å². The minimum absolute atomic E-state index is 0. The second-order valence-corrected chi connectivity index (χ2v) is 6.88. The van der Waals surface area contributed by atoms with E-state index in [1.54, 1.807) is 35.5 Å². The number of carbonyl (C=O) groups excluding carboxylic acids is 1. The van der Waals surface area contributed by atoms with Crippen LogP contribution in [0, 0.1) is 22.7 Å². The molecule has 1 saturated carbocycles. The van der Waals surface area contributed by atoms with Gasteiger partial charge in [0.15, 0.2) is 5.82 Å². The number of halogens is 1. The number of carboxylic acid groups (broad SMARTS) is 1. The minimum Gasteiger partial charge on any atom is -0.480 e. The minimum atomic E-state index is -0.978. The Morgan fingerprint density at radius 3 is 2.86 bits per heavy atom. The van der Waals surface area contributed by atoms with Crippen molar-refractivity contribution < 1.29 is 14.7 Å². The Balaban J connectivity index is 0.00000225. The molecule has 1 aliphatic carbocycles. The molecule has 0 aromatic carbocycles. The van der Waals surface area contributed by atoms with Crippen molar-refractivity contribution >= 4 is 41.6 Å². The molecule has 2 aromatic rings. The van der Waals surface area contributed by atoms with Crippen LogP contribution in [0.4, 0.5) is 17.3 Å². The number of aromatic nitrogens is 3. The highest BCUT2D eigenvalue weighted by Crippen LogP contribution is 2.51. The van der Waals surface area contributed by atoms with Gasteiger partial charge in [-0.3, -0.25) is 14.3 Å². The summed E-state index contributed by atoms with van der Waals surface area (Å²) in [5, 5.41) is 25.5. The maximum Gasteiger partial charge on any atom is 0.325 e. The molecule has 9 nitrogen and oxygen atoms in total. The summed E-state index contributed by atoms with van der Waals surface area (Å²) in [7, 11) is 0. The highest BCUT2D eigenvalue weighted by atomic mass is 35.5. The Kier molecular flexibility index (Phi) is 5.25. The lowest BCUT2D eigenvalue weighted by molar-refractivity contribution is -0.137. The summed E-state index contributed by atoms with van der Waals surface area (Å²) in [5.41, 5.74) is -0.202. The molecule has 0 bridgehead atoms. The van der Waals surface area contributed by atoms with Gasteiger partial charge < -0.3 is 15.3 Å². The fourth-order valence-electron chi connectivity index (χ4n) is 3.58. The van der Waals surface area contributed by atoms with Gasteiger partial charge in [0.2, 0.25) is 5.91 Å². The molecule has 4 rings (SSSR count). The summed E-state index contributed by atoms with van der Waals surface area (Å²) < 4.78 is 1.30. The van der Waals surface area contributed by atoms with Crippen molar-refractivity contribution in [3.05, 3.63) is 30.6 Å². The van der Waals surface area contributed by atoms with E-state index in [0.717, 1.165) is 12.8 Å². The van der Waals surface area contributed by atoms with Crippen LogP contribution in [-0.4, -0.2) is 38.3 Å². The number of aliphatic carboxylic acids is 1. The predicted molar refractivity (Wildman–Crippen MR) is 102 cm³/mol. The number of nitrogens with one attached hydrogen (secondary N) is 1. The second kappa shape index (κ2) is 7.48. The molecule has 1 aliphatic heterocycles. The van der Waals surface area contributed by atoms with E-state index in [1.165, 1.54) is 4.68 Å². The van der Waals surface area contributed by atoms with E-state index in [4.69, 9.17) is 5.11 Å². The first-order valence-electron chi connectivity index (χ1n) is 8.73. The van der Waals surface area contributed by atoms with Gasteiger partial charge in [-0.05, 0) is 31.2 Å². The zero-order chi connectivity index (χ0) is 19.0. The summed E-state index contributed by atoms with van der Waals surface area (Å²) in [5.74, 6) is 0.0155. The molecule has 1 atom stereocenters. The first kappa shape index (κ1) is 19.6. The lowest BCUT2D eigenvalue weighted by Gasteiger charge is -2.21. The molecule has 0 unspecified atom stereocenters. The number of carboxylic acids is 1. The van der Waals surface area contributed by atoms with Gasteiger partial charge in [-0.2, -0.15) is 10.4 Å². The number of anilines is 3. The fourth-order valence-corrected chi connectivity index (χ4v) is 3.58. The number of rotatable bonds is 6. The Bertz CT molecular complexity index is 951. The molecular formula is C18H19ClN6O3. The average Bonchev–Trinajstić information content (AvgIpc) is 3.32. The van der Waals surface area contributed by atoms with Crippen LogP contribution in [0.1, 0.15) is 19.3 Å².